The molecule has 2 rings (SSSR count). The summed E-state index contributed by atoms with van der Waals surface area (Å²) in [4.78, 5) is 0.346. The smallest absolute Gasteiger partial charge is 0.207 e. The standard InChI is InChI=1S/C13H18ClNO2S/c1-10-4-3-7-15(9-10)18(16,17)12-5-6-13(14)11(2)8-12/h5-6,8,10H,3-4,7,9H2,1-2H3/t10-/m0/s1. The van der Waals surface area contributed by atoms with Crippen LogP contribution >= 0.6 is 11.6 Å². The van der Waals surface area contributed by atoms with Crippen LogP contribution in [-0.4, -0.2) is 25.8 Å². The Morgan fingerprint density at radius 1 is 1.39 bits per heavy atom. The zero-order chi connectivity index (χ0) is 13.3. The van der Waals surface area contributed by atoms with Gasteiger partial charge in [0, 0.05) is 18.1 Å². The van der Waals surface area contributed by atoms with Gasteiger partial charge < -0.3 is 0 Å². The molecule has 0 unspecified atom stereocenters. The van der Waals surface area contributed by atoms with Crippen molar-refractivity contribution in [2.75, 3.05) is 13.1 Å². The monoisotopic (exact) mass is 287 g/mol. The second kappa shape index (κ2) is 5.19. The Kier molecular flexibility index (Phi) is 3.99. The fourth-order valence-corrected chi connectivity index (χ4v) is 4.09. The zero-order valence-electron chi connectivity index (χ0n) is 10.7. The van der Waals surface area contributed by atoms with Crippen LogP contribution in [-0.2, 0) is 10.0 Å². The summed E-state index contributed by atoms with van der Waals surface area (Å²) in [5, 5.41) is 0.598. The van der Waals surface area contributed by atoms with Crippen molar-refractivity contribution in [1.82, 2.24) is 4.31 Å². The van der Waals surface area contributed by atoms with Crippen LogP contribution in [0.15, 0.2) is 23.1 Å². The summed E-state index contributed by atoms with van der Waals surface area (Å²) in [6.07, 6.45) is 2.04. The zero-order valence-corrected chi connectivity index (χ0v) is 12.3. The van der Waals surface area contributed by atoms with Gasteiger partial charge in [-0.15, -0.1) is 0 Å². The molecule has 1 aliphatic heterocycles. The van der Waals surface area contributed by atoms with Crippen LogP contribution in [0.4, 0.5) is 0 Å². The molecule has 1 aromatic carbocycles. The first-order chi connectivity index (χ1) is 8.41. The number of hydrogen-bond acceptors (Lipinski definition) is 2. The van der Waals surface area contributed by atoms with E-state index in [1.165, 1.54) is 0 Å². The van der Waals surface area contributed by atoms with Gasteiger partial charge in [-0.05, 0) is 49.4 Å². The quantitative estimate of drug-likeness (QED) is 0.838. The summed E-state index contributed by atoms with van der Waals surface area (Å²) in [5.41, 5.74) is 0.794. The van der Waals surface area contributed by atoms with Crippen LogP contribution in [0.1, 0.15) is 25.3 Å². The molecule has 0 amide bonds. The van der Waals surface area contributed by atoms with E-state index in [1.54, 1.807) is 22.5 Å². The molecular formula is C13H18ClNO2S. The number of hydrogen-bond donors (Lipinski definition) is 0. The second-order valence-corrected chi connectivity index (χ2v) is 7.37. The van der Waals surface area contributed by atoms with Crippen molar-refractivity contribution in [3.8, 4) is 0 Å². The highest BCUT2D eigenvalue weighted by Crippen LogP contribution is 2.25. The fraction of sp³-hybridized carbons (Fsp3) is 0.538. The van der Waals surface area contributed by atoms with Crippen LogP contribution in [0.3, 0.4) is 0 Å². The van der Waals surface area contributed by atoms with Crippen LogP contribution < -0.4 is 0 Å². The van der Waals surface area contributed by atoms with Crippen LogP contribution in [0.2, 0.25) is 5.02 Å². The molecule has 5 heteroatoms. The lowest BCUT2D eigenvalue weighted by Gasteiger charge is -2.30. The SMILES string of the molecule is Cc1cc(S(=O)(=O)N2CCC[C@H](C)C2)ccc1Cl. The Hall–Kier alpha value is -0.580. The number of benzene rings is 1. The minimum absolute atomic E-state index is 0.346. The molecule has 0 saturated carbocycles. The van der Waals surface area contributed by atoms with Crippen molar-refractivity contribution in [3.05, 3.63) is 28.8 Å². The molecule has 100 valence electrons. The highest BCUT2D eigenvalue weighted by molar-refractivity contribution is 7.89. The first-order valence-corrected chi connectivity index (χ1v) is 7.99. The van der Waals surface area contributed by atoms with Crippen LogP contribution in [0, 0.1) is 12.8 Å². The van der Waals surface area contributed by atoms with Crippen molar-refractivity contribution in [2.45, 2.75) is 31.6 Å². The fourth-order valence-electron chi connectivity index (χ4n) is 2.29. The van der Waals surface area contributed by atoms with Crippen LogP contribution in [0.25, 0.3) is 0 Å². The second-order valence-electron chi connectivity index (χ2n) is 5.02. The highest BCUT2D eigenvalue weighted by atomic mass is 35.5. The minimum Gasteiger partial charge on any atom is -0.207 e. The molecule has 0 aliphatic carbocycles. The van der Waals surface area contributed by atoms with E-state index in [9.17, 15) is 8.42 Å². The molecular weight excluding hydrogens is 270 g/mol. The predicted octanol–water partition coefficient (Wildman–Crippen LogP) is 3.07. The van der Waals surface area contributed by atoms with Crippen molar-refractivity contribution in [2.24, 2.45) is 5.92 Å². The van der Waals surface area contributed by atoms with Gasteiger partial charge in [0.25, 0.3) is 0 Å². The first-order valence-electron chi connectivity index (χ1n) is 6.17. The molecule has 1 atom stereocenters. The summed E-state index contributed by atoms with van der Waals surface area (Å²) < 4.78 is 26.5. The van der Waals surface area contributed by atoms with Gasteiger partial charge in [0.05, 0.1) is 4.90 Å². The maximum atomic E-state index is 12.5. The van der Waals surface area contributed by atoms with Crippen molar-refractivity contribution in [1.29, 1.82) is 0 Å². The lowest BCUT2D eigenvalue weighted by atomic mass is 10.0. The van der Waals surface area contributed by atoms with E-state index in [0.717, 1.165) is 18.4 Å². The number of aryl methyl sites for hydroxylation is 1. The molecule has 0 spiro atoms. The van der Waals surface area contributed by atoms with Gasteiger partial charge in [0.2, 0.25) is 10.0 Å². The van der Waals surface area contributed by atoms with E-state index >= 15 is 0 Å². The minimum atomic E-state index is -3.36. The Morgan fingerprint density at radius 3 is 2.72 bits per heavy atom. The third-order valence-electron chi connectivity index (χ3n) is 3.39. The normalized spacial score (nSPS) is 22.1. The largest absolute Gasteiger partial charge is 0.243 e. The van der Waals surface area contributed by atoms with E-state index in [-0.39, 0.29) is 0 Å². The van der Waals surface area contributed by atoms with Crippen molar-refractivity contribution in [3.63, 3.8) is 0 Å². The van der Waals surface area contributed by atoms with E-state index in [0.29, 0.717) is 28.9 Å². The summed E-state index contributed by atoms with van der Waals surface area (Å²) in [5.74, 6) is 0.432. The topological polar surface area (TPSA) is 37.4 Å². The van der Waals surface area contributed by atoms with Gasteiger partial charge in [-0.2, -0.15) is 4.31 Å². The lowest BCUT2D eigenvalue weighted by molar-refractivity contribution is 0.281. The Bertz CT molecular complexity index is 542. The van der Waals surface area contributed by atoms with E-state index in [4.69, 9.17) is 11.6 Å². The third kappa shape index (κ3) is 2.71. The maximum absolute atomic E-state index is 12.5. The van der Waals surface area contributed by atoms with E-state index in [1.807, 2.05) is 6.92 Å². The maximum Gasteiger partial charge on any atom is 0.243 e. The third-order valence-corrected chi connectivity index (χ3v) is 5.67. The molecule has 1 aliphatic rings. The highest BCUT2D eigenvalue weighted by Gasteiger charge is 2.28. The average Bonchev–Trinajstić information content (AvgIpc) is 2.32. The molecule has 0 radical (unpaired) electrons. The molecule has 0 N–H and O–H groups in total. The van der Waals surface area contributed by atoms with Gasteiger partial charge in [-0.1, -0.05) is 18.5 Å². The summed E-state index contributed by atoms with van der Waals surface area (Å²) >= 11 is 5.93. The van der Waals surface area contributed by atoms with Crippen molar-refractivity contribution >= 4 is 21.6 Å². The Morgan fingerprint density at radius 2 is 2.11 bits per heavy atom. The number of piperidine rings is 1. The van der Waals surface area contributed by atoms with E-state index in [2.05, 4.69) is 6.92 Å². The molecule has 0 bridgehead atoms. The molecule has 3 nitrogen and oxygen atoms in total. The summed E-state index contributed by atoms with van der Waals surface area (Å²) in [7, 11) is -3.36. The Labute approximate surface area is 114 Å². The molecule has 1 fully saturated rings. The number of rotatable bonds is 2. The van der Waals surface area contributed by atoms with Gasteiger partial charge in [-0.25, -0.2) is 8.42 Å². The lowest BCUT2D eigenvalue weighted by Crippen LogP contribution is -2.39. The molecule has 1 heterocycles. The first kappa shape index (κ1) is 13.8. The van der Waals surface area contributed by atoms with Gasteiger partial charge in [0.15, 0.2) is 0 Å². The van der Waals surface area contributed by atoms with Crippen molar-refractivity contribution < 1.29 is 8.42 Å². The number of halogens is 1. The average molecular weight is 288 g/mol. The number of sulfonamides is 1. The molecule has 18 heavy (non-hydrogen) atoms. The predicted molar refractivity (Wildman–Crippen MR) is 73.3 cm³/mol. The van der Waals surface area contributed by atoms with E-state index < -0.39 is 10.0 Å². The number of nitrogens with zero attached hydrogens (tertiary/aromatic N) is 1. The molecule has 1 saturated heterocycles. The van der Waals surface area contributed by atoms with Crippen LogP contribution in [0.5, 0.6) is 0 Å². The molecule has 1 aromatic rings. The molecule has 0 aromatic heterocycles. The van der Waals surface area contributed by atoms with Gasteiger partial charge in [0.1, 0.15) is 0 Å². The summed E-state index contributed by atoms with van der Waals surface area (Å²) in [6, 6.07) is 4.89. The Balaban J connectivity index is 2.32. The van der Waals surface area contributed by atoms with Gasteiger partial charge >= 0.3 is 0 Å². The summed E-state index contributed by atoms with van der Waals surface area (Å²) in [6.45, 7) is 5.15. The van der Waals surface area contributed by atoms with Gasteiger partial charge in [-0.3, -0.25) is 0 Å².